The Bertz CT molecular complexity index is 936. The van der Waals surface area contributed by atoms with Crippen LogP contribution in [0, 0.1) is 17.8 Å². The Morgan fingerprint density at radius 3 is 2.48 bits per heavy atom. The van der Waals surface area contributed by atoms with Gasteiger partial charge >= 0.3 is 17.9 Å². The van der Waals surface area contributed by atoms with Crippen LogP contribution >= 0.6 is 0 Å². The molecule has 1 aliphatic heterocycles. The third kappa shape index (κ3) is 3.75. The van der Waals surface area contributed by atoms with Gasteiger partial charge < -0.3 is 14.2 Å². The molecular formula is C24H30O7. The van der Waals surface area contributed by atoms with Gasteiger partial charge in [-0.25, -0.2) is 9.59 Å². The fraction of sp³-hybridized carbons (Fsp3) is 0.583. The van der Waals surface area contributed by atoms with Gasteiger partial charge in [-0.05, 0) is 40.7 Å². The van der Waals surface area contributed by atoms with Crippen LogP contribution in [0.4, 0.5) is 0 Å². The van der Waals surface area contributed by atoms with Gasteiger partial charge in [-0.2, -0.15) is 0 Å². The van der Waals surface area contributed by atoms with Crippen molar-refractivity contribution in [2.75, 3.05) is 0 Å². The van der Waals surface area contributed by atoms with Crippen LogP contribution in [0.3, 0.4) is 0 Å². The molecule has 0 amide bonds. The van der Waals surface area contributed by atoms with Crippen molar-refractivity contribution in [3.8, 4) is 0 Å². The molecule has 0 unspecified atom stereocenters. The van der Waals surface area contributed by atoms with Crippen LogP contribution in [0.25, 0.3) is 0 Å². The molecule has 0 saturated carbocycles. The van der Waals surface area contributed by atoms with Crippen LogP contribution in [-0.4, -0.2) is 41.5 Å². The zero-order chi connectivity index (χ0) is 23.2. The van der Waals surface area contributed by atoms with Gasteiger partial charge in [-0.3, -0.25) is 9.59 Å². The summed E-state index contributed by atoms with van der Waals surface area (Å²) < 4.78 is 17.3. The minimum absolute atomic E-state index is 0.126. The number of carbonyl (C=O) groups excluding carboxylic acids is 4. The zero-order valence-corrected chi connectivity index (χ0v) is 19.1. The summed E-state index contributed by atoms with van der Waals surface area (Å²) in [5.41, 5.74) is 0.911. The monoisotopic (exact) mass is 430 g/mol. The molecule has 0 aromatic heterocycles. The van der Waals surface area contributed by atoms with Crippen molar-refractivity contribution in [3.05, 3.63) is 34.4 Å². The second-order valence-corrected chi connectivity index (χ2v) is 9.12. The number of allylic oxidation sites excluding steroid dienone is 2. The Hall–Kier alpha value is -2.70. The lowest BCUT2D eigenvalue weighted by molar-refractivity contribution is -0.180. The molecule has 1 fully saturated rings. The lowest BCUT2D eigenvalue weighted by Gasteiger charge is -2.35. The van der Waals surface area contributed by atoms with Gasteiger partial charge in [0.2, 0.25) is 5.60 Å². The maximum atomic E-state index is 13.0. The first-order valence-electron chi connectivity index (χ1n) is 10.6. The molecular weight excluding hydrogens is 400 g/mol. The number of fused-ring (bicyclic) bond motifs is 3. The van der Waals surface area contributed by atoms with Crippen molar-refractivity contribution >= 4 is 23.7 Å². The fourth-order valence-electron chi connectivity index (χ4n) is 4.70. The van der Waals surface area contributed by atoms with Gasteiger partial charge in [-0.1, -0.05) is 31.1 Å². The molecule has 2 aliphatic carbocycles. The summed E-state index contributed by atoms with van der Waals surface area (Å²) >= 11 is 0. The second-order valence-electron chi connectivity index (χ2n) is 9.12. The van der Waals surface area contributed by atoms with E-state index in [0.717, 1.165) is 11.1 Å². The molecule has 7 nitrogen and oxygen atoms in total. The Kier molecular flexibility index (Phi) is 6.00. The highest BCUT2D eigenvalue weighted by molar-refractivity contribution is 6.09. The molecule has 31 heavy (non-hydrogen) atoms. The van der Waals surface area contributed by atoms with Gasteiger partial charge in [0.25, 0.3) is 0 Å². The van der Waals surface area contributed by atoms with Gasteiger partial charge in [0.1, 0.15) is 12.2 Å². The largest absolute Gasteiger partial charge is 0.458 e. The number of rotatable bonds is 4. The van der Waals surface area contributed by atoms with Crippen molar-refractivity contribution in [1.29, 1.82) is 0 Å². The minimum Gasteiger partial charge on any atom is -0.458 e. The average molecular weight is 430 g/mol. The maximum absolute atomic E-state index is 13.0. The Morgan fingerprint density at radius 2 is 1.90 bits per heavy atom. The number of hydrogen-bond acceptors (Lipinski definition) is 7. The molecule has 0 spiro atoms. The van der Waals surface area contributed by atoms with Crippen molar-refractivity contribution in [3.63, 3.8) is 0 Å². The highest BCUT2D eigenvalue weighted by Crippen LogP contribution is 2.51. The molecule has 5 atom stereocenters. The highest BCUT2D eigenvalue weighted by Gasteiger charge is 2.65. The first kappa shape index (κ1) is 23.0. The van der Waals surface area contributed by atoms with E-state index in [1.54, 1.807) is 39.8 Å². The van der Waals surface area contributed by atoms with Gasteiger partial charge in [0.05, 0.1) is 11.8 Å². The normalized spacial score (nSPS) is 32.9. The van der Waals surface area contributed by atoms with Crippen LogP contribution in [0.15, 0.2) is 34.4 Å². The Morgan fingerprint density at radius 1 is 1.26 bits per heavy atom. The van der Waals surface area contributed by atoms with Crippen LogP contribution in [0.2, 0.25) is 0 Å². The predicted molar refractivity (Wildman–Crippen MR) is 112 cm³/mol. The fourth-order valence-corrected chi connectivity index (χ4v) is 4.70. The van der Waals surface area contributed by atoms with Crippen molar-refractivity contribution in [1.82, 2.24) is 0 Å². The topological polar surface area (TPSA) is 96.0 Å². The lowest BCUT2D eigenvalue weighted by Crippen LogP contribution is -2.51. The third-order valence-electron chi connectivity index (χ3n) is 6.56. The first-order chi connectivity index (χ1) is 14.4. The van der Waals surface area contributed by atoms with E-state index < -0.39 is 53.5 Å². The Balaban J connectivity index is 2.12. The quantitative estimate of drug-likeness (QED) is 0.384. The lowest BCUT2D eigenvalue weighted by atomic mass is 9.77. The maximum Gasteiger partial charge on any atom is 0.351 e. The molecule has 1 heterocycles. The summed E-state index contributed by atoms with van der Waals surface area (Å²) in [7, 11) is 0. The number of ketones is 1. The minimum atomic E-state index is -1.64. The predicted octanol–water partition coefficient (Wildman–Crippen LogP) is 3.23. The van der Waals surface area contributed by atoms with E-state index in [0.29, 0.717) is 11.1 Å². The second kappa shape index (κ2) is 8.09. The van der Waals surface area contributed by atoms with Crippen molar-refractivity contribution in [2.24, 2.45) is 17.8 Å². The van der Waals surface area contributed by atoms with Gasteiger partial charge in [0, 0.05) is 23.5 Å². The summed E-state index contributed by atoms with van der Waals surface area (Å²) in [5.74, 6) is -3.54. The molecule has 3 rings (SSSR count). The van der Waals surface area contributed by atoms with E-state index in [4.69, 9.17) is 14.2 Å². The van der Waals surface area contributed by atoms with Crippen LogP contribution in [-0.2, 0) is 33.4 Å². The molecule has 1 saturated heterocycles. The zero-order valence-electron chi connectivity index (χ0n) is 19.1. The molecule has 3 aliphatic rings. The summed E-state index contributed by atoms with van der Waals surface area (Å²) in [5, 5.41) is 0. The molecule has 0 aromatic carbocycles. The summed E-state index contributed by atoms with van der Waals surface area (Å²) in [6, 6.07) is 0. The van der Waals surface area contributed by atoms with Crippen molar-refractivity contribution in [2.45, 2.75) is 72.7 Å². The number of hydrogen-bond donors (Lipinski definition) is 0. The number of ether oxygens (including phenoxy) is 3. The molecule has 0 aromatic rings. The molecule has 7 heteroatoms. The van der Waals surface area contributed by atoms with Crippen LogP contribution in [0.1, 0.15) is 54.9 Å². The molecule has 168 valence electrons. The molecule has 0 N–H and O–H groups in total. The smallest absolute Gasteiger partial charge is 0.351 e. The standard InChI is InChI=1S/C24H30O7/c1-8-12(4)22(27)29-16-10-14(6)17-15(25)9-13(5)18(17)20-19(16)24(7,23(28)30-20)31-21(26)11(2)3/h8-9,11,16,18-20H,10H2,1-7H3/b12-8-/t16-,18+,19+,20-,24-/m0/s1. The summed E-state index contributed by atoms with van der Waals surface area (Å²) in [6.07, 6.45) is 1.86. The van der Waals surface area contributed by atoms with Gasteiger partial charge in [-0.15, -0.1) is 0 Å². The van der Waals surface area contributed by atoms with Crippen LogP contribution < -0.4 is 0 Å². The van der Waals surface area contributed by atoms with E-state index in [1.165, 1.54) is 6.92 Å². The van der Waals surface area contributed by atoms with E-state index in [2.05, 4.69) is 0 Å². The number of carbonyl (C=O) groups is 4. The number of esters is 3. The summed E-state index contributed by atoms with van der Waals surface area (Å²) in [4.78, 5) is 50.8. The van der Waals surface area contributed by atoms with Gasteiger partial charge in [0.15, 0.2) is 5.78 Å². The van der Waals surface area contributed by atoms with Crippen molar-refractivity contribution < 1.29 is 33.4 Å². The van der Waals surface area contributed by atoms with Crippen LogP contribution in [0.5, 0.6) is 0 Å². The van der Waals surface area contributed by atoms with E-state index >= 15 is 0 Å². The summed E-state index contributed by atoms with van der Waals surface area (Å²) in [6.45, 7) is 11.9. The third-order valence-corrected chi connectivity index (χ3v) is 6.56. The highest BCUT2D eigenvalue weighted by atomic mass is 16.6. The van der Waals surface area contributed by atoms with E-state index in [1.807, 2.05) is 13.8 Å². The Labute approximate surface area is 182 Å². The van der Waals surface area contributed by atoms with E-state index in [-0.39, 0.29) is 12.2 Å². The van der Waals surface area contributed by atoms with E-state index in [9.17, 15) is 19.2 Å². The first-order valence-corrected chi connectivity index (χ1v) is 10.6. The average Bonchev–Trinajstić information content (AvgIpc) is 3.07. The molecule has 0 radical (unpaired) electrons. The molecule has 0 bridgehead atoms. The SMILES string of the molecule is C/C=C(/C)C(=O)O[C@H]1CC(C)=C2C(=O)C=C(C)[C@H]2[C@@H]2OC(=O)[C@@](C)(OC(=O)C(C)C)[C@@H]21.